The van der Waals surface area contributed by atoms with E-state index in [-0.39, 0.29) is 47.6 Å². The molecule has 5 atom stereocenters. The summed E-state index contributed by atoms with van der Waals surface area (Å²) in [5, 5.41) is 9.53. The molecule has 7 nitrogen and oxygen atoms in total. The van der Waals surface area contributed by atoms with Gasteiger partial charge in [0.05, 0.1) is 16.6 Å². The van der Waals surface area contributed by atoms with Crippen LogP contribution in [0, 0.1) is 11.6 Å². The van der Waals surface area contributed by atoms with Crippen LogP contribution in [0.5, 0.6) is 6.01 Å². The predicted octanol–water partition coefficient (Wildman–Crippen LogP) is 7.46. The van der Waals surface area contributed by atoms with Crippen LogP contribution in [0.1, 0.15) is 82.9 Å². The second kappa shape index (κ2) is 11.9. The average Bonchev–Trinajstić information content (AvgIpc) is 3.75. The normalized spacial score (nSPS) is 26.4. The molecule has 0 spiro atoms. The third-order valence-corrected chi connectivity index (χ3v) is 11.1. The quantitative estimate of drug-likeness (QED) is 0.196. The monoisotopic (exact) mass is 644 g/mol. The van der Waals surface area contributed by atoms with Crippen LogP contribution in [0.15, 0.2) is 30.3 Å². The molecule has 10 heteroatoms. The fourth-order valence-electron chi connectivity index (χ4n) is 8.57. The number of aryl methyl sites for hydroxylation is 1. The van der Waals surface area contributed by atoms with E-state index in [4.69, 9.17) is 19.7 Å². The van der Waals surface area contributed by atoms with Gasteiger partial charge in [-0.1, -0.05) is 45.0 Å². The van der Waals surface area contributed by atoms with Gasteiger partial charge in [0.1, 0.15) is 35.6 Å². The number of pyridine rings is 1. The van der Waals surface area contributed by atoms with Crippen LogP contribution in [-0.2, 0) is 6.42 Å². The zero-order valence-corrected chi connectivity index (χ0v) is 27.4. The molecule has 2 aromatic carbocycles. The van der Waals surface area contributed by atoms with Crippen LogP contribution in [0.3, 0.4) is 0 Å². The minimum atomic E-state index is -0.887. The van der Waals surface area contributed by atoms with E-state index in [9.17, 15) is 4.39 Å². The number of fused-ring (bicyclic) bond motifs is 2. The van der Waals surface area contributed by atoms with E-state index in [1.165, 1.54) is 18.9 Å². The minimum Gasteiger partial charge on any atom is -0.461 e. The summed E-state index contributed by atoms with van der Waals surface area (Å²) >= 11 is 0. The number of aromatic nitrogens is 3. The van der Waals surface area contributed by atoms with E-state index < -0.39 is 17.5 Å². The van der Waals surface area contributed by atoms with E-state index >= 15 is 8.78 Å². The molecule has 47 heavy (non-hydrogen) atoms. The largest absolute Gasteiger partial charge is 0.461 e. The molecule has 3 aliphatic heterocycles. The van der Waals surface area contributed by atoms with Gasteiger partial charge in [-0.05, 0) is 73.9 Å². The van der Waals surface area contributed by atoms with Crippen molar-refractivity contribution in [3.63, 3.8) is 0 Å². The molecule has 5 heterocycles. The van der Waals surface area contributed by atoms with Gasteiger partial charge in [0.2, 0.25) is 0 Å². The van der Waals surface area contributed by atoms with E-state index in [1.807, 2.05) is 25.1 Å². The van der Waals surface area contributed by atoms with Crippen LogP contribution in [0.4, 0.5) is 19.0 Å². The van der Waals surface area contributed by atoms with E-state index in [1.54, 1.807) is 6.07 Å². The molecule has 8 rings (SSSR count). The maximum absolute atomic E-state index is 17.1. The number of halogens is 3. The Balaban J connectivity index is 1.29. The highest BCUT2D eigenvalue weighted by atomic mass is 19.1. The molecule has 2 N–H and O–H groups in total. The van der Waals surface area contributed by atoms with Gasteiger partial charge < -0.3 is 15.4 Å². The summed E-state index contributed by atoms with van der Waals surface area (Å²) in [6, 6.07) is 9.61. The van der Waals surface area contributed by atoms with Crippen molar-refractivity contribution >= 4 is 27.5 Å². The second-order valence-electron chi connectivity index (χ2n) is 14.2. The number of anilines is 1. The lowest BCUT2D eigenvalue weighted by molar-refractivity contribution is 0.107. The Hall–Kier alpha value is -3.50. The van der Waals surface area contributed by atoms with Crippen molar-refractivity contribution in [2.45, 2.75) is 108 Å². The zero-order valence-electron chi connectivity index (χ0n) is 27.4. The Morgan fingerprint density at radius 3 is 2.74 bits per heavy atom. The van der Waals surface area contributed by atoms with Gasteiger partial charge in [-0.15, -0.1) is 0 Å². The fourth-order valence-corrected chi connectivity index (χ4v) is 8.57. The summed E-state index contributed by atoms with van der Waals surface area (Å²) in [5.74, 6) is -0.428. The predicted molar refractivity (Wildman–Crippen MR) is 179 cm³/mol. The standard InChI is InChI=1S/C37H43F3N6O/c1-4-24-26(39)13-10-21-8-6-9-25(29(21)24)33-31(40)34-30-32(43-33)20(3)16-28(27(5-2)41-23-11-12-23)42-35(30)45-36(44-34)47-19-37-14-7-15-46(37)18-22(38)17-37/h6,8-10,13,20,22-23,27-28,41H,4-5,7,11-12,14-19H2,1-3H3,(H,42,44,45)/t20-,22+,27-,28+,37-/m0/s1. The first kappa shape index (κ1) is 30.8. The summed E-state index contributed by atoms with van der Waals surface area (Å²) in [5.41, 5.74) is 1.69. The first-order valence-electron chi connectivity index (χ1n) is 17.4. The van der Waals surface area contributed by atoms with Crippen LogP contribution in [-0.4, -0.2) is 69.4 Å². The maximum atomic E-state index is 17.1. The van der Waals surface area contributed by atoms with Crippen molar-refractivity contribution in [2.75, 3.05) is 25.0 Å². The van der Waals surface area contributed by atoms with Crippen molar-refractivity contribution in [1.29, 1.82) is 0 Å². The Morgan fingerprint density at radius 1 is 1.11 bits per heavy atom. The molecule has 1 aliphatic carbocycles. The number of nitrogens with zero attached hydrogens (tertiary/aromatic N) is 4. The summed E-state index contributed by atoms with van der Waals surface area (Å²) in [6.45, 7) is 7.72. The summed E-state index contributed by atoms with van der Waals surface area (Å²) in [4.78, 5) is 16.8. The lowest BCUT2D eigenvalue weighted by atomic mass is 9.91. The number of alkyl halides is 1. The van der Waals surface area contributed by atoms with Crippen molar-refractivity contribution in [3.05, 3.63) is 53.2 Å². The molecule has 248 valence electrons. The lowest BCUT2D eigenvalue weighted by Gasteiger charge is -2.31. The Bertz CT molecular complexity index is 1850. The van der Waals surface area contributed by atoms with Crippen molar-refractivity contribution in [3.8, 4) is 17.3 Å². The third kappa shape index (κ3) is 5.32. The molecule has 3 fully saturated rings. The molecule has 0 unspecified atom stereocenters. The Labute approximate surface area is 273 Å². The molecule has 4 aromatic rings. The minimum absolute atomic E-state index is 0.0200. The Kier molecular flexibility index (Phi) is 7.79. The van der Waals surface area contributed by atoms with Gasteiger partial charge in [-0.3, -0.25) is 4.90 Å². The first-order valence-corrected chi connectivity index (χ1v) is 17.4. The van der Waals surface area contributed by atoms with Crippen molar-refractivity contribution < 1.29 is 17.9 Å². The molecule has 1 saturated carbocycles. The van der Waals surface area contributed by atoms with Crippen LogP contribution < -0.4 is 15.4 Å². The summed E-state index contributed by atoms with van der Waals surface area (Å²) < 4.78 is 53.1. The second-order valence-corrected chi connectivity index (χ2v) is 14.2. The summed E-state index contributed by atoms with van der Waals surface area (Å²) in [7, 11) is 0. The number of nitrogens with one attached hydrogen (secondary N) is 2. The van der Waals surface area contributed by atoms with E-state index in [0.717, 1.165) is 43.3 Å². The van der Waals surface area contributed by atoms with E-state index in [2.05, 4.69) is 29.4 Å². The number of hydrogen-bond donors (Lipinski definition) is 2. The van der Waals surface area contributed by atoms with Gasteiger partial charge in [0.15, 0.2) is 5.82 Å². The zero-order chi connectivity index (χ0) is 32.4. The number of hydrogen-bond acceptors (Lipinski definition) is 7. The van der Waals surface area contributed by atoms with Gasteiger partial charge in [-0.25, -0.2) is 18.2 Å². The fraction of sp³-hybridized carbons (Fsp3) is 0.541. The SMILES string of the molecule is CCc1c(F)ccc2cccc(-c3nc4c5c(nc(OC[C@@]67CCCN6C[C@H](F)C7)nc5c3F)N[C@@H]([C@H](CC)NC3CC3)C[C@@H]4C)c12. The maximum Gasteiger partial charge on any atom is 0.319 e. The molecule has 0 bridgehead atoms. The number of ether oxygens (including phenoxy) is 1. The molecule has 0 radical (unpaired) electrons. The van der Waals surface area contributed by atoms with Crippen molar-refractivity contribution in [1.82, 2.24) is 25.2 Å². The highest BCUT2D eigenvalue weighted by Gasteiger charge is 2.49. The molecular formula is C37H43F3N6O. The van der Waals surface area contributed by atoms with Crippen molar-refractivity contribution in [2.24, 2.45) is 0 Å². The molecule has 2 aromatic heterocycles. The molecule has 4 aliphatic rings. The smallest absolute Gasteiger partial charge is 0.319 e. The number of rotatable bonds is 9. The van der Waals surface area contributed by atoms with Crippen LogP contribution >= 0.6 is 0 Å². The number of benzene rings is 2. The van der Waals surface area contributed by atoms with Crippen LogP contribution in [0.25, 0.3) is 32.9 Å². The lowest BCUT2D eigenvalue weighted by Crippen LogP contribution is -2.45. The molecule has 2 saturated heterocycles. The first-order chi connectivity index (χ1) is 22.8. The average molecular weight is 645 g/mol. The van der Waals surface area contributed by atoms with Gasteiger partial charge >= 0.3 is 6.01 Å². The highest BCUT2D eigenvalue weighted by molar-refractivity contribution is 6.01. The third-order valence-electron chi connectivity index (χ3n) is 11.1. The van der Waals surface area contributed by atoms with Crippen LogP contribution in [0.2, 0.25) is 0 Å². The molecular weight excluding hydrogens is 601 g/mol. The van der Waals surface area contributed by atoms with E-state index in [0.29, 0.717) is 53.1 Å². The Morgan fingerprint density at radius 2 is 1.96 bits per heavy atom. The summed E-state index contributed by atoms with van der Waals surface area (Å²) in [6.07, 6.45) is 5.86. The topological polar surface area (TPSA) is 75.2 Å². The van der Waals surface area contributed by atoms with Gasteiger partial charge in [0.25, 0.3) is 0 Å². The van der Waals surface area contributed by atoms with Gasteiger partial charge in [-0.2, -0.15) is 9.97 Å². The highest BCUT2D eigenvalue weighted by Crippen LogP contribution is 2.44. The van der Waals surface area contributed by atoms with Gasteiger partial charge in [0, 0.05) is 42.6 Å². The molecule has 0 amide bonds.